The molecular formula is C10H17N. The van der Waals surface area contributed by atoms with E-state index in [0.717, 1.165) is 12.8 Å². The fourth-order valence-corrected chi connectivity index (χ4v) is 1.53. The molecule has 1 heteroatoms. The van der Waals surface area contributed by atoms with E-state index in [2.05, 4.69) is 32.7 Å². The highest BCUT2D eigenvalue weighted by molar-refractivity contribution is 5.34. The minimum absolute atomic E-state index is 1.12. The fourth-order valence-electron chi connectivity index (χ4n) is 1.53. The van der Waals surface area contributed by atoms with Crippen molar-refractivity contribution in [3.63, 3.8) is 0 Å². The summed E-state index contributed by atoms with van der Waals surface area (Å²) in [4.78, 5) is 3.45. The van der Waals surface area contributed by atoms with Crippen molar-refractivity contribution in [3.8, 4) is 0 Å². The van der Waals surface area contributed by atoms with Crippen LogP contribution in [-0.2, 0) is 12.8 Å². The average Bonchev–Trinajstić information content (AvgIpc) is 2.30. The summed E-state index contributed by atoms with van der Waals surface area (Å²) in [5.41, 5.74) is 5.70. The summed E-state index contributed by atoms with van der Waals surface area (Å²) in [5.74, 6) is 0. The van der Waals surface area contributed by atoms with Gasteiger partial charge >= 0.3 is 0 Å². The van der Waals surface area contributed by atoms with Crippen molar-refractivity contribution in [2.24, 2.45) is 0 Å². The monoisotopic (exact) mass is 151 g/mol. The molecule has 1 N–H and O–H groups in total. The molecule has 0 atom stereocenters. The van der Waals surface area contributed by atoms with Crippen molar-refractivity contribution >= 4 is 0 Å². The predicted octanol–water partition coefficient (Wildman–Crippen LogP) is 2.76. The van der Waals surface area contributed by atoms with E-state index < -0.39 is 0 Å². The Morgan fingerprint density at radius 1 is 0.909 bits per heavy atom. The second-order valence-electron chi connectivity index (χ2n) is 3.04. The van der Waals surface area contributed by atoms with Gasteiger partial charge in [0.2, 0.25) is 0 Å². The highest BCUT2D eigenvalue weighted by atomic mass is 14.7. The van der Waals surface area contributed by atoms with Crippen LogP contribution in [0.4, 0.5) is 0 Å². The van der Waals surface area contributed by atoms with Gasteiger partial charge in [0, 0.05) is 11.4 Å². The SMILES string of the molecule is CCc1[nH]c(CC)c(C)c1C. The molecule has 62 valence electrons. The summed E-state index contributed by atoms with van der Waals surface area (Å²) in [6.45, 7) is 8.78. The lowest BCUT2D eigenvalue weighted by Gasteiger charge is -1.92. The zero-order valence-corrected chi connectivity index (χ0v) is 7.91. The summed E-state index contributed by atoms with van der Waals surface area (Å²) in [5, 5.41) is 0. The van der Waals surface area contributed by atoms with Crippen molar-refractivity contribution in [1.29, 1.82) is 0 Å². The topological polar surface area (TPSA) is 15.8 Å². The largest absolute Gasteiger partial charge is 0.362 e. The molecule has 0 aliphatic rings. The quantitative estimate of drug-likeness (QED) is 0.669. The van der Waals surface area contributed by atoms with Gasteiger partial charge in [0.15, 0.2) is 0 Å². The van der Waals surface area contributed by atoms with E-state index in [1.807, 2.05) is 0 Å². The van der Waals surface area contributed by atoms with Crippen LogP contribution < -0.4 is 0 Å². The zero-order valence-electron chi connectivity index (χ0n) is 7.91. The second-order valence-corrected chi connectivity index (χ2v) is 3.04. The average molecular weight is 151 g/mol. The van der Waals surface area contributed by atoms with Crippen LogP contribution in [0.15, 0.2) is 0 Å². The minimum Gasteiger partial charge on any atom is -0.362 e. The Kier molecular flexibility index (Phi) is 2.38. The van der Waals surface area contributed by atoms with Crippen molar-refractivity contribution in [1.82, 2.24) is 4.98 Å². The minimum atomic E-state index is 1.12. The van der Waals surface area contributed by atoms with E-state index >= 15 is 0 Å². The van der Waals surface area contributed by atoms with Crippen LogP contribution in [0, 0.1) is 13.8 Å². The molecule has 11 heavy (non-hydrogen) atoms. The van der Waals surface area contributed by atoms with Crippen LogP contribution in [-0.4, -0.2) is 4.98 Å². The van der Waals surface area contributed by atoms with E-state index in [-0.39, 0.29) is 0 Å². The first-order valence-electron chi connectivity index (χ1n) is 4.37. The van der Waals surface area contributed by atoms with Crippen LogP contribution in [0.2, 0.25) is 0 Å². The van der Waals surface area contributed by atoms with Crippen LogP contribution in [0.3, 0.4) is 0 Å². The Balaban J connectivity index is 3.12. The molecule has 0 radical (unpaired) electrons. The number of H-pyrrole nitrogens is 1. The Bertz CT molecular complexity index is 221. The van der Waals surface area contributed by atoms with Crippen LogP contribution >= 0.6 is 0 Å². The molecule has 0 unspecified atom stereocenters. The van der Waals surface area contributed by atoms with Crippen molar-refractivity contribution in [3.05, 3.63) is 22.5 Å². The van der Waals surface area contributed by atoms with Crippen LogP contribution in [0.5, 0.6) is 0 Å². The molecule has 1 heterocycles. The molecule has 0 saturated heterocycles. The molecule has 0 aromatic carbocycles. The van der Waals surface area contributed by atoms with Gasteiger partial charge in [0.25, 0.3) is 0 Å². The van der Waals surface area contributed by atoms with Crippen LogP contribution in [0.25, 0.3) is 0 Å². The lowest BCUT2D eigenvalue weighted by molar-refractivity contribution is 0.984. The summed E-state index contributed by atoms with van der Waals surface area (Å²) < 4.78 is 0. The third-order valence-corrected chi connectivity index (χ3v) is 2.48. The van der Waals surface area contributed by atoms with Gasteiger partial charge in [0.1, 0.15) is 0 Å². The van der Waals surface area contributed by atoms with Gasteiger partial charge in [0.05, 0.1) is 0 Å². The van der Waals surface area contributed by atoms with Gasteiger partial charge in [-0.15, -0.1) is 0 Å². The summed E-state index contributed by atoms with van der Waals surface area (Å²) >= 11 is 0. The maximum absolute atomic E-state index is 3.45. The normalized spacial score (nSPS) is 10.5. The number of aromatic amines is 1. The molecule has 1 aromatic heterocycles. The molecule has 0 fully saturated rings. The van der Waals surface area contributed by atoms with Gasteiger partial charge < -0.3 is 4.98 Å². The van der Waals surface area contributed by atoms with Gasteiger partial charge in [-0.2, -0.15) is 0 Å². The maximum atomic E-state index is 3.45. The summed E-state index contributed by atoms with van der Waals surface area (Å²) in [7, 11) is 0. The van der Waals surface area contributed by atoms with Crippen molar-refractivity contribution in [2.45, 2.75) is 40.5 Å². The molecule has 0 spiro atoms. The first-order valence-corrected chi connectivity index (χ1v) is 4.37. The smallest absolute Gasteiger partial charge is 0.0178 e. The Morgan fingerprint density at radius 2 is 1.27 bits per heavy atom. The van der Waals surface area contributed by atoms with Gasteiger partial charge in [-0.3, -0.25) is 0 Å². The number of rotatable bonds is 2. The van der Waals surface area contributed by atoms with E-state index in [4.69, 9.17) is 0 Å². The third kappa shape index (κ3) is 1.32. The first kappa shape index (κ1) is 8.38. The van der Waals surface area contributed by atoms with E-state index in [1.165, 1.54) is 22.5 Å². The fraction of sp³-hybridized carbons (Fsp3) is 0.600. The highest BCUT2D eigenvalue weighted by Crippen LogP contribution is 2.17. The maximum Gasteiger partial charge on any atom is 0.0178 e. The Labute approximate surface area is 68.8 Å². The molecule has 0 bridgehead atoms. The number of aromatic nitrogens is 1. The number of aryl methyl sites for hydroxylation is 2. The number of hydrogen-bond acceptors (Lipinski definition) is 0. The van der Waals surface area contributed by atoms with E-state index in [9.17, 15) is 0 Å². The number of nitrogens with one attached hydrogen (secondary N) is 1. The summed E-state index contributed by atoms with van der Waals surface area (Å²) in [6.07, 6.45) is 2.24. The van der Waals surface area contributed by atoms with Crippen LogP contribution in [0.1, 0.15) is 36.4 Å². The molecule has 0 aliphatic carbocycles. The lowest BCUT2D eigenvalue weighted by atomic mass is 10.1. The molecule has 0 saturated carbocycles. The molecule has 1 aromatic rings. The highest BCUT2D eigenvalue weighted by Gasteiger charge is 2.06. The molecule has 0 aliphatic heterocycles. The Morgan fingerprint density at radius 3 is 1.45 bits per heavy atom. The van der Waals surface area contributed by atoms with Gasteiger partial charge in [-0.1, -0.05) is 13.8 Å². The third-order valence-electron chi connectivity index (χ3n) is 2.48. The lowest BCUT2D eigenvalue weighted by Crippen LogP contribution is -1.83. The van der Waals surface area contributed by atoms with Gasteiger partial charge in [-0.05, 0) is 37.8 Å². The van der Waals surface area contributed by atoms with Crippen molar-refractivity contribution in [2.75, 3.05) is 0 Å². The molecule has 1 nitrogen and oxygen atoms in total. The predicted molar refractivity (Wildman–Crippen MR) is 49.0 cm³/mol. The molecular weight excluding hydrogens is 134 g/mol. The summed E-state index contributed by atoms with van der Waals surface area (Å²) in [6, 6.07) is 0. The molecule has 0 amide bonds. The standard InChI is InChI=1S/C10H17N/c1-5-9-7(3)8(4)10(6-2)11-9/h11H,5-6H2,1-4H3. The van der Waals surface area contributed by atoms with E-state index in [0.29, 0.717) is 0 Å². The Hall–Kier alpha value is -0.720. The zero-order chi connectivity index (χ0) is 8.43. The van der Waals surface area contributed by atoms with Gasteiger partial charge in [-0.25, -0.2) is 0 Å². The number of hydrogen-bond donors (Lipinski definition) is 1. The van der Waals surface area contributed by atoms with E-state index in [1.54, 1.807) is 0 Å². The second kappa shape index (κ2) is 3.12. The molecule has 1 rings (SSSR count). The van der Waals surface area contributed by atoms with Crippen molar-refractivity contribution < 1.29 is 0 Å². The first-order chi connectivity index (χ1) is 5.20.